The maximum Gasteiger partial charge on any atom is 0.176 e. The van der Waals surface area contributed by atoms with Crippen LogP contribution in [0, 0.1) is 0 Å². The molecule has 0 amide bonds. The van der Waals surface area contributed by atoms with Crippen molar-refractivity contribution in [1.29, 1.82) is 0 Å². The van der Waals surface area contributed by atoms with E-state index in [4.69, 9.17) is 10.8 Å². The van der Waals surface area contributed by atoms with Gasteiger partial charge in [0.05, 0.1) is 6.54 Å². The standard InChI is InChI=1S/C15H22N2O2/c16-13-6-4-12(5-7-13)15(19)11-17-9-2-1-3-14(17)8-10-18/h4-7,14,18H,1-3,8-11,16H2. The third-order valence-electron chi connectivity index (χ3n) is 3.79. The van der Waals surface area contributed by atoms with E-state index in [9.17, 15) is 4.79 Å². The summed E-state index contributed by atoms with van der Waals surface area (Å²) < 4.78 is 0. The zero-order valence-corrected chi connectivity index (χ0v) is 11.2. The Morgan fingerprint density at radius 3 is 2.74 bits per heavy atom. The van der Waals surface area contributed by atoms with Gasteiger partial charge in [-0.2, -0.15) is 0 Å². The lowest BCUT2D eigenvalue weighted by Crippen LogP contribution is -2.43. The Hall–Kier alpha value is -1.39. The Labute approximate surface area is 114 Å². The largest absolute Gasteiger partial charge is 0.399 e. The summed E-state index contributed by atoms with van der Waals surface area (Å²) in [4.78, 5) is 14.4. The first-order chi connectivity index (χ1) is 9.20. The Bertz CT molecular complexity index is 415. The molecule has 0 aliphatic carbocycles. The molecule has 19 heavy (non-hydrogen) atoms. The van der Waals surface area contributed by atoms with Gasteiger partial charge in [0.1, 0.15) is 0 Å². The van der Waals surface area contributed by atoms with E-state index in [1.165, 1.54) is 6.42 Å². The van der Waals surface area contributed by atoms with Crippen molar-refractivity contribution in [2.75, 3.05) is 25.4 Å². The number of hydrogen-bond donors (Lipinski definition) is 2. The molecule has 1 aromatic carbocycles. The van der Waals surface area contributed by atoms with Gasteiger partial charge in [-0.05, 0) is 50.1 Å². The van der Waals surface area contributed by atoms with Crippen LogP contribution in [0.4, 0.5) is 5.69 Å². The summed E-state index contributed by atoms with van der Waals surface area (Å²) in [5.41, 5.74) is 7.01. The van der Waals surface area contributed by atoms with Gasteiger partial charge in [-0.3, -0.25) is 9.69 Å². The van der Waals surface area contributed by atoms with Crippen molar-refractivity contribution in [2.24, 2.45) is 0 Å². The molecule has 1 unspecified atom stereocenters. The molecule has 0 spiro atoms. The van der Waals surface area contributed by atoms with Gasteiger partial charge in [0.15, 0.2) is 5.78 Å². The number of aliphatic hydroxyl groups is 1. The van der Waals surface area contributed by atoms with Crippen molar-refractivity contribution < 1.29 is 9.90 Å². The first kappa shape index (κ1) is 14.0. The number of aliphatic hydroxyl groups excluding tert-OH is 1. The maximum atomic E-state index is 12.2. The van der Waals surface area contributed by atoms with Crippen LogP contribution in [0.25, 0.3) is 0 Å². The summed E-state index contributed by atoms with van der Waals surface area (Å²) in [5, 5.41) is 9.09. The highest BCUT2D eigenvalue weighted by atomic mass is 16.3. The van der Waals surface area contributed by atoms with Gasteiger partial charge >= 0.3 is 0 Å². The lowest BCUT2D eigenvalue weighted by Gasteiger charge is -2.34. The van der Waals surface area contributed by atoms with E-state index in [1.54, 1.807) is 24.3 Å². The molecule has 0 saturated carbocycles. The molecule has 1 aliphatic rings. The topological polar surface area (TPSA) is 66.6 Å². The molecule has 1 aromatic rings. The van der Waals surface area contributed by atoms with Gasteiger partial charge in [-0.1, -0.05) is 6.42 Å². The average Bonchev–Trinajstić information content (AvgIpc) is 2.42. The predicted molar refractivity (Wildman–Crippen MR) is 76.1 cm³/mol. The molecule has 1 aliphatic heterocycles. The summed E-state index contributed by atoms with van der Waals surface area (Å²) in [7, 11) is 0. The van der Waals surface area contributed by atoms with E-state index in [2.05, 4.69) is 4.90 Å². The van der Waals surface area contributed by atoms with E-state index in [-0.39, 0.29) is 12.4 Å². The summed E-state index contributed by atoms with van der Waals surface area (Å²) in [6.45, 7) is 1.58. The summed E-state index contributed by atoms with van der Waals surface area (Å²) in [6, 6.07) is 7.42. The highest BCUT2D eigenvalue weighted by Crippen LogP contribution is 2.20. The van der Waals surface area contributed by atoms with Crippen LogP contribution in [0.3, 0.4) is 0 Å². The van der Waals surface area contributed by atoms with Crippen LogP contribution >= 0.6 is 0 Å². The molecule has 1 fully saturated rings. The molecular formula is C15H22N2O2. The lowest BCUT2D eigenvalue weighted by molar-refractivity contribution is 0.0799. The Balaban J connectivity index is 1.98. The number of nitrogens with zero attached hydrogens (tertiary/aromatic N) is 1. The van der Waals surface area contributed by atoms with Crippen LogP contribution in [0.15, 0.2) is 24.3 Å². The summed E-state index contributed by atoms with van der Waals surface area (Å²) >= 11 is 0. The monoisotopic (exact) mass is 262 g/mol. The second-order valence-corrected chi connectivity index (χ2v) is 5.18. The van der Waals surface area contributed by atoms with Gasteiger partial charge < -0.3 is 10.8 Å². The van der Waals surface area contributed by atoms with Gasteiger partial charge in [0, 0.05) is 23.9 Å². The first-order valence-corrected chi connectivity index (χ1v) is 6.94. The molecule has 4 heteroatoms. The Morgan fingerprint density at radius 1 is 1.32 bits per heavy atom. The molecule has 0 aromatic heterocycles. The number of benzene rings is 1. The fourth-order valence-electron chi connectivity index (χ4n) is 2.69. The van der Waals surface area contributed by atoms with Gasteiger partial charge in [0.25, 0.3) is 0 Å². The van der Waals surface area contributed by atoms with Crippen LogP contribution in [-0.4, -0.2) is 41.5 Å². The van der Waals surface area contributed by atoms with Crippen LogP contribution in [0.1, 0.15) is 36.0 Å². The predicted octanol–water partition coefficient (Wildman–Crippen LogP) is 1.69. The number of ketones is 1. The van der Waals surface area contributed by atoms with Crippen molar-refractivity contribution in [3.8, 4) is 0 Å². The minimum Gasteiger partial charge on any atom is -0.399 e. The van der Waals surface area contributed by atoms with Crippen LogP contribution in [0.5, 0.6) is 0 Å². The third-order valence-corrected chi connectivity index (χ3v) is 3.79. The van der Waals surface area contributed by atoms with Crippen molar-refractivity contribution in [1.82, 2.24) is 4.90 Å². The van der Waals surface area contributed by atoms with Crippen molar-refractivity contribution in [2.45, 2.75) is 31.7 Å². The van der Waals surface area contributed by atoms with Crippen molar-refractivity contribution in [3.05, 3.63) is 29.8 Å². The molecular weight excluding hydrogens is 240 g/mol. The number of carbonyl (C=O) groups excluding carboxylic acids is 1. The SMILES string of the molecule is Nc1ccc(C(=O)CN2CCCCC2CCO)cc1. The lowest BCUT2D eigenvalue weighted by atomic mass is 9.98. The normalized spacial score (nSPS) is 20.4. The number of rotatable bonds is 5. The van der Waals surface area contributed by atoms with Crippen molar-refractivity contribution >= 4 is 11.5 Å². The minimum absolute atomic E-state index is 0.129. The molecule has 1 heterocycles. The minimum atomic E-state index is 0.129. The number of nitrogen functional groups attached to an aromatic ring is 1. The Morgan fingerprint density at radius 2 is 2.05 bits per heavy atom. The second kappa shape index (κ2) is 6.68. The highest BCUT2D eigenvalue weighted by Gasteiger charge is 2.24. The zero-order chi connectivity index (χ0) is 13.7. The fourth-order valence-corrected chi connectivity index (χ4v) is 2.69. The highest BCUT2D eigenvalue weighted by molar-refractivity contribution is 5.97. The van der Waals surface area contributed by atoms with E-state index < -0.39 is 0 Å². The molecule has 2 rings (SSSR count). The molecule has 1 saturated heterocycles. The van der Waals surface area contributed by atoms with Gasteiger partial charge in [-0.25, -0.2) is 0 Å². The molecule has 0 radical (unpaired) electrons. The van der Waals surface area contributed by atoms with Gasteiger partial charge in [-0.15, -0.1) is 0 Å². The smallest absolute Gasteiger partial charge is 0.176 e. The number of anilines is 1. The van der Waals surface area contributed by atoms with Gasteiger partial charge in [0.2, 0.25) is 0 Å². The number of piperidine rings is 1. The van der Waals surface area contributed by atoms with E-state index in [0.717, 1.165) is 25.8 Å². The maximum absolute atomic E-state index is 12.2. The fraction of sp³-hybridized carbons (Fsp3) is 0.533. The third kappa shape index (κ3) is 3.78. The van der Waals surface area contributed by atoms with Crippen molar-refractivity contribution in [3.63, 3.8) is 0 Å². The van der Waals surface area contributed by atoms with Crippen LogP contribution in [-0.2, 0) is 0 Å². The Kier molecular flexibility index (Phi) is 4.93. The molecule has 3 N–H and O–H groups in total. The molecule has 4 nitrogen and oxygen atoms in total. The number of carbonyl (C=O) groups is 1. The number of likely N-dealkylation sites (tertiary alicyclic amines) is 1. The summed E-state index contributed by atoms with van der Waals surface area (Å²) in [5.74, 6) is 0.129. The zero-order valence-electron chi connectivity index (χ0n) is 11.2. The quantitative estimate of drug-likeness (QED) is 0.626. The number of nitrogens with two attached hydrogens (primary N) is 1. The van der Waals surface area contributed by atoms with E-state index >= 15 is 0 Å². The first-order valence-electron chi connectivity index (χ1n) is 6.94. The van der Waals surface area contributed by atoms with Crippen LogP contribution in [0.2, 0.25) is 0 Å². The summed E-state index contributed by atoms with van der Waals surface area (Å²) in [6.07, 6.45) is 4.17. The molecule has 1 atom stereocenters. The van der Waals surface area contributed by atoms with E-state index in [0.29, 0.717) is 23.8 Å². The molecule has 104 valence electrons. The van der Waals surface area contributed by atoms with Crippen LogP contribution < -0.4 is 5.73 Å². The number of hydrogen-bond acceptors (Lipinski definition) is 4. The second-order valence-electron chi connectivity index (χ2n) is 5.18. The number of Topliss-reactive ketones (excluding diaryl/α,β-unsaturated/α-hetero) is 1. The molecule has 0 bridgehead atoms. The van der Waals surface area contributed by atoms with E-state index in [1.807, 2.05) is 0 Å². The average molecular weight is 262 g/mol.